The summed E-state index contributed by atoms with van der Waals surface area (Å²) in [5.74, 6) is 0.901. The Balaban J connectivity index is 1.95. The van der Waals surface area contributed by atoms with Crippen molar-refractivity contribution in [2.24, 2.45) is 0 Å². The van der Waals surface area contributed by atoms with Gasteiger partial charge in [-0.1, -0.05) is 24.3 Å². The molecule has 0 atom stereocenters. The fourth-order valence-electron chi connectivity index (χ4n) is 3.44. The lowest BCUT2D eigenvalue weighted by molar-refractivity contribution is 0.415. The molecule has 3 nitrogen and oxygen atoms in total. The van der Waals surface area contributed by atoms with E-state index in [1.165, 1.54) is 33.3 Å². The van der Waals surface area contributed by atoms with E-state index < -0.39 is 0 Å². The second-order valence-electron chi connectivity index (χ2n) is 5.79. The number of aromatic nitrogens is 1. The normalized spacial score (nSPS) is 14.6. The fourth-order valence-corrected chi connectivity index (χ4v) is 3.44. The first kappa shape index (κ1) is 13.4. The van der Waals surface area contributed by atoms with E-state index in [1.54, 1.807) is 7.11 Å². The van der Waals surface area contributed by atoms with Crippen molar-refractivity contribution in [2.45, 2.75) is 12.8 Å². The van der Waals surface area contributed by atoms with Crippen molar-refractivity contribution in [2.75, 3.05) is 20.2 Å². The van der Waals surface area contributed by atoms with Crippen molar-refractivity contribution in [1.82, 2.24) is 10.3 Å². The number of rotatable bonds is 2. The zero-order valence-corrected chi connectivity index (χ0v) is 12.8. The molecular weight excluding hydrogens is 272 g/mol. The Labute approximate surface area is 130 Å². The molecule has 2 N–H and O–H groups in total. The van der Waals surface area contributed by atoms with Gasteiger partial charge in [-0.3, -0.25) is 0 Å². The zero-order valence-electron chi connectivity index (χ0n) is 12.8. The number of hydrogen-bond donors (Lipinski definition) is 2. The number of benzene rings is 2. The Hall–Kier alpha value is -2.26. The summed E-state index contributed by atoms with van der Waals surface area (Å²) >= 11 is 0. The average Bonchev–Trinajstić information content (AvgIpc) is 2.76. The van der Waals surface area contributed by atoms with Gasteiger partial charge in [0.2, 0.25) is 0 Å². The third-order valence-electron chi connectivity index (χ3n) is 4.50. The van der Waals surface area contributed by atoms with Crippen LogP contribution in [0.25, 0.3) is 22.0 Å². The standard InChI is InChI=1S/C19H20N2O/c1-22-14-5-2-4-13(12-14)15-6-3-7-18-19(15)16-8-10-20-11-9-17(16)21-18/h2-7,12,20-21H,8-11H2,1H3. The predicted octanol–water partition coefficient (Wildman–Crippen LogP) is 3.53. The third-order valence-corrected chi connectivity index (χ3v) is 4.50. The van der Waals surface area contributed by atoms with Crippen LogP contribution in [0.4, 0.5) is 0 Å². The second-order valence-corrected chi connectivity index (χ2v) is 5.79. The van der Waals surface area contributed by atoms with E-state index >= 15 is 0 Å². The highest BCUT2D eigenvalue weighted by Crippen LogP contribution is 2.35. The minimum Gasteiger partial charge on any atom is -0.497 e. The van der Waals surface area contributed by atoms with Gasteiger partial charge in [0.25, 0.3) is 0 Å². The monoisotopic (exact) mass is 292 g/mol. The summed E-state index contributed by atoms with van der Waals surface area (Å²) in [5, 5.41) is 4.85. The van der Waals surface area contributed by atoms with E-state index in [0.29, 0.717) is 0 Å². The molecule has 22 heavy (non-hydrogen) atoms. The van der Waals surface area contributed by atoms with Gasteiger partial charge in [0.05, 0.1) is 7.11 Å². The van der Waals surface area contributed by atoms with E-state index in [1.807, 2.05) is 6.07 Å². The molecule has 1 aliphatic heterocycles. The van der Waals surface area contributed by atoms with Crippen molar-refractivity contribution in [3.8, 4) is 16.9 Å². The predicted molar refractivity (Wildman–Crippen MR) is 90.6 cm³/mol. The smallest absolute Gasteiger partial charge is 0.119 e. The van der Waals surface area contributed by atoms with Gasteiger partial charge in [-0.05, 0) is 47.9 Å². The van der Waals surface area contributed by atoms with Crippen molar-refractivity contribution < 1.29 is 4.74 Å². The molecule has 2 heterocycles. The Bertz CT molecular complexity index is 819. The van der Waals surface area contributed by atoms with Gasteiger partial charge in [-0.25, -0.2) is 0 Å². The molecule has 4 rings (SSSR count). The molecule has 0 saturated carbocycles. The number of methoxy groups -OCH3 is 1. The Morgan fingerprint density at radius 3 is 2.77 bits per heavy atom. The van der Waals surface area contributed by atoms with Gasteiger partial charge in [-0.15, -0.1) is 0 Å². The van der Waals surface area contributed by atoms with Gasteiger partial charge < -0.3 is 15.0 Å². The van der Waals surface area contributed by atoms with Crippen molar-refractivity contribution in [1.29, 1.82) is 0 Å². The fraction of sp³-hybridized carbons (Fsp3) is 0.263. The topological polar surface area (TPSA) is 37.0 Å². The first-order valence-corrected chi connectivity index (χ1v) is 7.84. The van der Waals surface area contributed by atoms with Crippen LogP contribution in [0.3, 0.4) is 0 Å². The summed E-state index contributed by atoms with van der Waals surface area (Å²) in [6.45, 7) is 2.10. The number of ether oxygens (including phenoxy) is 1. The van der Waals surface area contributed by atoms with Crippen LogP contribution >= 0.6 is 0 Å². The van der Waals surface area contributed by atoms with Crippen LogP contribution < -0.4 is 10.1 Å². The number of aromatic amines is 1. The molecule has 0 bridgehead atoms. The summed E-state index contributed by atoms with van der Waals surface area (Å²) < 4.78 is 5.38. The number of hydrogen-bond acceptors (Lipinski definition) is 2. The third kappa shape index (κ3) is 2.18. The lowest BCUT2D eigenvalue weighted by Crippen LogP contribution is -2.16. The van der Waals surface area contributed by atoms with Crippen LogP contribution in [-0.2, 0) is 12.8 Å². The summed E-state index contributed by atoms with van der Waals surface area (Å²) in [5.41, 5.74) is 6.60. The number of fused-ring (bicyclic) bond motifs is 3. The molecular formula is C19H20N2O. The summed E-state index contributed by atoms with van der Waals surface area (Å²) in [7, 11) is 1.72. The van der Waals surface area contributed by atoms with Crippen LogP contribution in [0.2, 0.25) is 0 Å². The Morgan fingerprint density at radius 1 is 1.00 bits per heavy atom. The van der Waals surface area contributed by atoms with E-state index in [-0.39, 0.29) is 0 Å². The van der Waals surface area contributed by atoms with Crippen LogP contribution in [-0.4, -0.2) is 25.2 Å². The van der Waals surface area contributed by atoms with Gasteiger partial charge >= 0.3 is 0 Å². The van der Waals surface area contributed by atoms with Gasteiger partial charge in [0, 0.05) is 29.6 Å². The van der Waals surface area contributed by atoms with E-state index in [0.717, 1.165) is 31.7 Å². The zero-order chi connectivity index (χ0) is 14.9. The SMILES string of the molecule is COc1cccc(-c2cccc3[nH]c4c(c23)CCNCC4)c1. The molecule has 112 valence electrons. The molecule has 0 unspecified atom stereocenters. The molecule has 0 saturated heterocycles. The number of H-pyrrole nitrogens is 1. The maximum Gasteiger partial charge on any atom is 0.119 e. The van der Waals surface area contributed by atoms with E-state index in [9.17, 15) is 0 Å². The molecule has 2 aromatic carbocycles. The van der Waals surface area contributed by atoms with Crippen molar-refractivity contribution in [3.63, 3.8) is 0 Å². The second kappa shape index (κ2) is 5.50. The Morgan fingerprint density at radius 2 is 1.86 bits per heavy atom. The highest BCUT2D eigenvalue weighted by atomic mass is 16.5. The molecule has 1 aromatic heterocycles. The van der Waals surface area contributed by atoms with Gasteiger partial charge in [0.1, 0.15) is 5.75 Å². The first-order chi connectivity index (χ1) is 10.9. The minimum absolute atomic E-state index is 0.901. The largest absolute Gasteiger partial charge is 0.497 e. The summed E-state index contributed by atoms with van der Waals surface area (Å²) in [4.78, 5) is 3.62. The molecule has 0 aliphatic carbocycles. The number of nitrogens with one attached hydrogen (secondary N) is 2. The maximum absolute atomic E-state index is 5.38. The molecule has 3 heteroatoms. The molecule has 1 aliphatic rings. The van der Waals surface area contributed by atoms with Crippen LogP contribution in [0.15, 0.2) is 42.5 Å². The maximum atomic E-state index is 5.38. The van der Waals surface area contributed by atoms with Gasteiger partial charge in [0.15, 0.2) is 0 Å². The summed E-state index contributed by atoms with van der Waals surface area (Å²) in [6.07, 6.45) is 2.15. The average molecular weight is 292 g/mol. The minimum atomic E-state index is 0.901. The highest BCUT2D eigenvalue weighted by Gasteiger charge is 2.17. The van der Waals surface area contributed by atoms with Crippen LogP contribution in [0.1, 0.15) is 11.3 Å². The quantitative estimate of drug-likeness (QED) is 0.758. The lowest BCUT2D eigenvalue weighted by atomic mass is 9.97. The lowest BCUT2D eigenvalue weighted by Gasteiger charge is -2.08. The molecule has 3 aromatic rings. The van der Waals surface area contributed by atoms with Gasteiger partial charge in [-0.2, -0.15) is 0 Å². The highest BCUT2D eigenvalue weighted by molar-refractivity contribution is 5.98. The molecule has 0 spiro atoms. The van der Waals surface area contributed by atoms with E-state index in [2.05, 4.69) is 46.7 Å². The van der Waals surface area contributed by atoms with E-state index in [4.69, 9.17) is 4.74 Å². The molecule has 0 amide bonds. The van der Waals surface area contributed by atoms with Crippen LogP contribution in [0, 0.1) is 0 Å². The Kier molecular flexibility index (Phi) is 3.35. The molecule has 0 radical (unpaired) electrons. The molecule has 0 fully saturated rings. The van der Waals surface area contributed by atoms with Crippen molar-refractivity contribution in [3.05, 3.63) is 53.7 Å². The summed E-state index contributed by atoms with van der Waals surface area (Å²) in [6, 6.07) is 14.8. The van der Waals surface area contributed by atoms with Crippen molar-refractivity contribution >= 4 is 10.9 Å². The first-order valence-electron chi connectivity index (χ1n) is 7.84. The van der Waals surface area contributed by atoms with Crippen LogP contribution in [0.5, 0.6) is 5.75 Å².